The summed E-state index contributed by atoms with van der Waals surface area (Å²) in [5, 5.41) is 6.53. The zero-order chi connectivity index (χ0) is 32.7. The molecular formula is C44H29N3O2. The van der Waals surface area contributed by atoms with Gasteiger partial charge in [0.1, 0.15) is 11.2 Å². The van der Waals surface area contributed by atoms with E-state index in [1.165, 1.54) is 10.8 Å². The molecule has 7 aromatic carbocycles. The molecule has 0 aliphatic heterocycles. The van der Waals surface area contributed by atoms with Crippen LogP contribution in [0.25, 0.3) is 94.8 Å². The van der Waals surface area contributed by atoms with Crippen LogP contribution in [0.3, 0.4) is 0 Å². The van der Waals surface area contributed by atoms with Crippen LogP contribution in [0.4, 0.5) is 0 Å². The molecule has 0 amide bonds. The van der Waals surface area contributed by atoms with Gasteiger partial charge in [0.2, 0.25) is 0 Å². The highest BCUT2D eigenvalue weighted by molar-refractivity contribution is 6.12. The van der Waals surface area contributed by atoms with Gasteiger partial charge in [-0.2, -0.15) is 0 Å². The second kappa shape index (κ2) is 11.9. The number of methoxy groups -OCH3 is 1. The van der Waals surface area contributed by atoms with Crippen molar-refractivity contribution >= 4 is 49.6 Å². The minimum atomic E-state index is 0.598. The number of furan rings is 1. The van der Waals surface area contributed by atoms with Crippen molar-refractivity contribution in [3.8, 4) is 45.3 Å². The number of benzene rings is 7. The van der Waals surface area contributed by atoms with Crippen LogP contribution in [0, 0.1) is 0 Å². The first-order valence-corrected chi connectivity index (χ1v) is 16.2. The average molecular weight is 632 g/mol. The molecule has 0 spiro atoms. The van der Waals surface area contributed by atoms with Crippen LogP contribution in [0.1, 0.15) is 5.56 Å². The van der Waals surface area contributed by atoms with Gasteiger partial charge in [0.05, 0.1) is 13.4 Å². The molecule has 5 nitrogen and oxygen atoms in total. The third-order valence-corrected chi connectivity index (χ3v) is 9.08. The number of para-hydroxylation sites is 1. The molecule has 9 aromatic rings. The number of rotatable bonds is 6. The fourth-order valence-electron chi connectivity index (χ4n) is 6.80. The van der Waals surface area contributed by atoms with Gasteiger partial charge < -0.3 is 9.15 Å². The molecule has 0 unspecified atom stereocenters. The minimum Gasteiger partial charge on any atom is -0.504 e. The number of hydrogen-bond acceptors (Lipinski definition) is 5. The molecule has 2 aromatic heterocycles. The summed E-state index contributed by atoms with van der Waals surface area (Å²) >= 11 is 0. The number of nitrogens with zero attached hydrogens (tertiary/aromatic N) is 3. The van der Waals surface area contributed by atoms with Crippen molar-refractivity contribution in [2.45, 2.75) is 0 Å². The highest BCUT2D eigenvalue weighted by atomic mass is 16.5. The van der Waals surface area contributed by atoms with Gasteiger partial charge in [-0.15, -0.1) is 0 Å². The Hall–Kier alpha value is -6.59. The summed E-state index contributed by atoms with van der Waals surface area (Å²) in [6.07, 6.45) is 3.78. The van der Waals surface area contributed by atoms with Gasteiger partial charge in [0.15, 0.2) is 17.5 Å². The second-order valence-electron chi connectivity index (χ2n) is 12.0. The van der Waals surface area contributed by atoms with Crippen LogP contribution >= 0.6 is 0 Å². The van der Waals surface area contributed by atoms with Crippen molar-refractivity contribution in [3.05, 3.63) is 157 Å². The van der Waals surface area contributed by atoms with E-state index in [-0.39, 0.29) is 0 Å². The lowest BCUT2D eigenvalue weighted by molar-refractivity contribution is 0.341. The number of fused-ring (bicyclic) bond motifs is 5. The minimum absolute atomic E-state index is 0.598. The summed E-state index contributed by atoms with van der Waals surface area (Å²) in [7, 11) is 1.67. The number of hydrogen-bond donors (Lipinski definition) is 0. The molecule has 9 rings (SSSR count). The van der Waals surface area contributed by atoms with E-state index in [0.29, 0.717) is 17.5 Å². The Labute approximate surface area is 282 Å². The van der Waals surface area contributed by atoms with E-state index in [4.69, 9.17) is 24.1 Å². The lowest BCUT2D eigenvalue weighted by Gasteiger charge is -2.13. The predicted molar refractivity (Wildman–Crippen MR) is 200 cm³/mol. The smallest absolute Gasteiger partial charge is 0.164 e. The second-order valence-corrected chi connectivity index (χ2v) is 12.0. The molecule has 0 atom stereocenters. The van der Waals surface area contributed by atoms with Crippen molar-refractivity contribution in [2.75, 3.05) is 7.11 Å². The van der Waals surface area contributed by atoms with Crippen molar-refractivity contribution in [1.82, 2.24) is 15.0 Å². The summed E-state index contributed by atoms with van der Waals surface area (Å²) < 4.78 is 11.6. The molecule has 0 aliphatic rings. The van der Waals surface area contributed by atoms with E-state index in [1.54, 1.807) is 13.4 Å². The van der Waals surface area contributed by atoms with Gasteiger partial charge in [-0.25, -0.2) is 15.0 Å². The van der Waals surface area contributed by atoms with Gasteiger partial charge >= 0.3 is 0 Å². The fraction of sp³-hybridized carbons (Fsp3) is 0.0227. The van der Waals surface area contributed by atoms with Crippen molar-refractivity contribution in [1.29, 1.82) is 0 Å². The molecule has 5 heteroatoms. The van der Waals surface area contributed by atoms with Gasteiger partial charge in [-0.05, 0) is 62.5 Å². The highest BCUT2D eigenvalue weighted by Crippen LogP contribution is 2.38. The van der Waals surface area contributed by atoms with Gasteiger partial charge in [-0.3, -0.25) is 0 Å². The van der Waals surface area contributed by atoms with Crippen molar-refractivity contribution in [3.63, 3.8) is 0 Å². The van der Waals surface area contributed by atoms with Crippen LogP contribution in [0.15, 0.2) is 156 Å². The quantitative estimate of drug-likeness (QED) is 0.171. The van der Waals surface area contributed by atoms with E-state index in [1.807, 2.05) is 66.7 Å². The highest BCUT2D eigenvalue weighted by Gasteiger charge is 2.19. The van der Waals surface area contributed by atoms with E-state index < -0.39 is 0 Å². The Kier molecular flexibility index (Phi) is 6.95. The summed E-state index contributed by atoms with van der Waals surface area (Å²) in [6.45, 7) is 0. The predicted octanol–water partition coefficient (Wildman–Crippen LogP) is 11.4. The first kappa shape index (κ1) is 28.6. The van der Waals surface area contributed by atoms with E-state index in [9.17, 15) is 0 Å². The lowest BCUT2D eigenvalue weighted by atomic mass is 9.92. The largest absolute Gasteiger partial charge is 0.504 e. The molecule has 0 aliphatic carbocycles. The summed E-state index contributed by atoms with van der Waals surface area (Å²) in [5.74, 6) is 1.83. The Balaban J connectivity index is 1.24. The Bertz CT molecular complexity index is 2710. The summed E-state index contributed by atoms with van der Waals surface area (Å²) in [5.41, 5.74) is 7.76. The maximum absolute atomic E-state index is 6.22. The average Bonchev–Trinajstić information content (AvgIpc) is 3.55. The topological polar surface area (TPSA) is 61.0 Å². The maximum Gasteiger partial charge on any atom is 0.164 e. The van der Waals surface area contributed by atoms with E-state index >= 15 is 0 Å². The van der Waals surface area contributed by atoms with Gasteiger partial charge in [0.25, 0.3) is 0 Å². The maximum atomic E-state index is 6.22. The summed E-state index contributed by atoms with van der Waals surface area (Å²) in [4.78, 5) is 15.3. The normalized spacial score (nSPS) is 11.7. The van der Waals surface area contributed by atoms with Crippen LogP contribution in [0.5, 0.6) is 0 Å². The first-order valence-electron chi connectivity index (χ1n) is 16.2. The molecule has 232 valence electrons. The van der Waals surface area contributed by atoms with Crippen LogP contribution in [-0.2, 0) is 4.74 Å². The zero-order valence-corrected chi connectivity index (χ0v) is 26.7. The molecule has 0 saturated heterocycles. The number of aromatic nitrogens is 3. The summed E-state index contributed by atoms with van der Waals surface area (Å²) in [6, 6.07) is 49.9. The molecule has 0 radical (unpaired) electrons. The molecular weight excluding hydrogens is 603 g/mol. The van der Waals surface area contributed by atoms with E-state index in [2.05, 4.69) is 84.9 Å². The molecule has 0 bridgehead atoms. The molecule has 0 fully saturated rings. The zero-order valence-electron chi connectivity index (χ0n) is 26.7. The van der Waals surface area contributed by atoms with Crippen molar-refractivity contribution < 1.29 is 9.15 Å². The molecule has 0 saturated carbocycles. The molecule has 0 N–H and O–H groups in total. The third-order valence-electron chi connectivity index (χ3n) is 9.08. The first-order chi connectivity index (χ1) is 24.2. The van der Waals surface area contributed by atoms with Crippen LogP contribution < -0.4 is 0 Å². The number of ether oxygens (including phenoxy) is 1. The SMILES string of the molecule is CO/C=C/c1c(-c2ccc3c(-c4nc(-c5ccccc5)nc(-c5cccc6oc7ccccc7c56)n4)cccc3c2)ccc2ccccc12. The molecule has 2 heterocycles. The Morgan fingerprint density at radius 2 is 1.18 bits per heavy atom. The van der Waals surface area contributed by atoms with Crippen molar-refractivity contribution in [2.24, 2.45) is 0 Å². The third kappa shape index (κ3) is 5.00. The molecule has 49 heavy (non-hydrogen) atoms. The Morgan fingerprint density at radius 3 is 2.06 bits per heavy atom. The standard InChI is InChI=1S/C44H29N3O2/c1-48-26-25-35-32-15-6-5-11-28(32)21-23-33(35)31-22-24-34-30(27-31)14-9-17-36(34)43-45-42(29-12-3-2-4-13-29)46-44(47-43)38-18-10-20-40-41(38)37-16-7-8-19-39(37)49-40/h2-27H,1H3/b26-25+. The Morgan fingerprint density at radius 1 is 0.490 bits per heavy atom. The van der Waals surface area contributed by atoms with Crippen LogP contribution in [0.2, 0.25) is 0 Å². The fourth-order valence-corrected chi connectivity index (χ4v) is 6.80. The monoisotopic (exact) mass is 631 g/mol. The van der Waals surface area contributed by atoms with Gasteiger partial charge in [-0.1, -0.05) is 127 Å². The van der Waals surface area contributed by atoms with Gasteiger partial charge in [0, 0.05) is 27.5 Å². The van der Waals surface area contributed by atoms with Crippen LogP contribution in [-0.4, -0.2) is 22.1 Å². The lowest BCUT2D eigenvalue weighted by Crippen LogP contribution is -2.00. The van der Waals surface area contributed by atoms with E-state index in [0.717, 1.165) is 66.1 Å².